The molecular weight excluding hydrogens is 332 g/mol. The summed E-state index contributed by atoms with van der Waals surface area (Å²) in [4.78, 5) is 1.75. The van der Waals surface area contributed by atoms with Gasteiger partial charge in [0.05, 0.1) is 6.54 Å². The number of nitrogens with zero attached hydrogens (tertiary/aromatic N) is 3. The minimum atomic E-state index is -2.59. The van der Waals surface area contributed by atoms with Crippen LogP contribution in [0.15, 0.2) is 51.8 Å². The van der Waals surface area contributed by atoms with E-state index in [1.54, 1.807) is 4.90 Å². The van der Waals surface area contributed by atoms with E-state index in [2.05, 4.69) is 23.0 Å². The zero-order chi connectivity index (χ0) is 17.3. The lowest BCUT2D eigenvalue weighted by molar-refractivity contribution is 0.0998. The maximum Gasteiger partial charge on any atom is 0.252 e. The van der Waals surface area contributed by atoms with Crippen molar-refractivity contribution in [2.45, 2.75) is 25.7 Å². The molecule has 0 aromatic heterocycles. The fraction of sp³-hybridized carbons (Fsp3) is 0.333. The van der Waals surface area contributed by atoms with E-state index in [0.717, 1.165) is 16.7 Å². The smallest absolute Gasteiger partial charge is 0.252 e. The molecule has 0 bridgehead atoms. The zero-order valence-electron chi connectivity index (χ0n) is 13.3. The van der Waals surface area contributed by atoms with Crippen LogP contribution in [0.3, 0.4) is 0 Å². The third-order valence-corrected chi connectivity index (χ3v) is 4.58. The molecule has 1 heterocycles. The Morgan fingerprint density at radius 1 is 1.46 bits per heavy atom. The Morgan fingerprint density at radius 2 is 2.21 bits per heavy atom. The molecule has 1 aromatic rings. The SMILES string of the molecule is C=N/N=C(/CC1CC1(F)F)N1C=CC(c2cccc(C)c2)=C(Cl)C1. The Balaban J connectivity index is 1.77. The second-order valence-corrected chi connectivity index (χ2v) is 6.61. The van der Waals surface area contributed by atoms with Gasteiger partial charge in [0.15, 0.2) is 0 Å². The van der Waals surface area contributed by atoms with Crippen molar-refractivity contribution in [1.29, 1.82) is 0 Å². The quantitative estimate of drug-likeness (QED) is 0.434. The molecule has 0 spiro atoms. The van der Waals surface area contributed by atoms with E-state index in [1.165, 1.54) is 0 Å². The van der Waals surface area contributed by atoms with Crippen LogP contribution in [-0.4, -0.2) is 29.9 Å². The van der Waals surface area contributed by atoms with Gasteiger partial charge in [-0.05, 0) is 24.1 Å². The molecule has 1 saturated carbocycles. The summed E-state index contributed by atoms with van der Waals surface area (Å²) in [5, 5.41) is 8.08. The summed E-state index contributed by atoms with van der Waals surface area (Å²) in [6.07, 6.45) is 3.76. The molecule has 0 N–H and O–H groups in total. The minimum absolute atomic E-state index is 0.0984. The Labute approximate surface area is 145 Å². The van der Waals surface area contributed by atoms with Crippen LogP contribution in [0, 0.1) is 12.8 Å². The van der Waals surface area contributed by atoms with Crippen LogP contribution in [0.25, 0.3) is 5.57 Å². The van der Waals surface area contributed by atoms with E-state index < -0.39 is 11.8 Å². The fourth-order valence-corrected chi connectivity index (χ4v) is 3.09. The summed E-state index contributed by atoms with van der Waals surface area (Å²) < 4.78 is 26.4. The molecule has 1 aliphatic heterocycles. The van der Waals surface area contributed by atoms with Crippen LogP contribution < -0.4 is 0 Å². The van der Waals surface area contributed by atoms with Gasteiger partial charge in [-0.1, -0.05) is 41.4 Å². The molecule has 3 rings (SSSR count). The third kappa shape index (κ3) is 3.56. The number of allylic oxidation sites excluding steroid dienone is 2. The lowest BCUT2D eigenvalue weighted by atomic mass is 10.0. The van der Waals surface area contributed by atoms with E-state index in [4.69, 9.17) is 11.6 Å². The molecule has 0 amide bonds. The molecule has 1 fully saturated rings. The van der Waals surface area contributed by atoms with Crippen molar-refractivity contribution in [2.75, 3.05) is 6.54 Å². The Morgan fingerprint density at radius 3 is 2.79 bits per heavy atom. The van der Waals surface area contributed by atoms with Gasteiger partial charge in [0.1, 0.15) is 5.84 Å². The molecule has 126 valence electrons. The first kappa shape index (κ1) is 16.8. The number of halogens is 3. The van der Waals surface area contributed by atoms with Crippen LogP contribution in [0.4, 0.5) is 8.78 Å². The van der Waals surface area contributed by atoms with E-state index in [1.807, 2.05) is 37.4 Å². The third-order valence-electron chi connectivity index (χ3n) is 4.25. The van der Waals surface area contributed by atoms with Gasteiger partial charge < -0.3 is 4.90 Å². The number of rotatable bonds is 4. The summed E-state index contributed by atoms with van der Waals surface area (Å²) >= 11 is 6.45. The average Bonchev–Trinajstić information content (AvgIpc) is 3.13. The van der Waals surface area contributed by atoms with E-state index in [9.17, 15) is 8.78 Å². The number of hydrogen-bond acceptors (Lipinski definition) is 2. The lowest BCUT2D eigenvalue weighted by Crippen LogP contribution is -2.30. The summed E-state index contributed by atoms with van der Waals surface area (Å²) in [5.74, 6) is -2.80. The second kappa shape index (κ2) is 6.48. The molecule has 24 heavy (non-hydrogen) atoms. The first-order valence-electron chi connectivity index (χ1n) is 7.71. The van der Waals surface area contributed by atoms with Crippen molar-refractivity contribution in [3.05, 3.63) is 52.7 Å². The summed E-state index contributed by atoms with van der Waals surface area (Å²) in [5.41, 5.74) is 3.11. The van der Waals surface area contributed by atoms with Gasteiger partial charge in [-0.15, -0.1) is 5.10 Å². The van der Waals surface area contributed by atoms with Crippen molar-refractivity contribution < 1.29 is 8.78 Å². The molecule has 1 atom stereocenters. The van der Waals surface area contributed by atoms with Crippen LogP contribution >= 0.6 is 11.6 Å². The Hall–Kier alpha value is -2.01. The number of amidine groups is 1. The largest absolute Gasteiger partial charge is 0.330 e. The Bertz CT molecular complexity index is 752. The summed E-state index contributed by atoms with van der Waals surface area (Å²) in [7, 11) is 0. The normalized spacial score (nSPS) is 22.8. The monoisotopic (exact) mass is 349 g/mol. The van der Waals surface area contributed by atoms with E-state index in [-0.39, 0.29) is 12.8 Å². The van der Waals surface area contributed by atoms with Crippen molar-refractivity contribution in [3.63, 3.8) is 0 Å². The standard InChI is InChI=1S/C18H18ClF2N3/c1-12-4-3-5-13(8-12)15-6-7-24(11-16(15)19)17(23-22-2)9-14-10-18(14,20)21/h3-8,14H,2,9-11H2,1H3/b23-17-. The highest BCUT2D eigenvalue weighted by molar-refractivity contribution is 6.33. The molecule has 2 aliphatic rings. The van der Waals surface area contributed by atoms with Gasteiger partial charge in [-0.2, -0.15) is 5.10 Å². The minimum Gasteiger partial charge on any atom is -0.330 e. The first-order chi connectivity index (χ1) is 11.4. The number of hydrogen-bond donors (Lipinski definition) is 0. The second-order valence-electron chi connectivity index (χ2n) is 6.16. The molecule has 0 radical (unpaired) electrons. The van der Waals surface area contributed by atoms with Gasteiger partial charge in [-0.3, -0.25) is 0 Å². The topological polar surface area (TPSA) is 28.0 Å². The van der Waals surface area contributed by atoms with Crippen LogP contribution in [-0.2, 0) is 0 Å². The maximum absolute atomic E-state index is 13.2. The van der Waals surface area contributed by atoms with E-state index in [0.29, 0.717) is 17.4 Å². The average molecular weight is 350 g/mol. The number of benzene rings is 1. The molecular formula is C18H18ClF2N3. The summed E-state index contributed by atoms with van der Waals surface area (Å²) in [6.45, 7) is 5.73. The van der Waals surface area contributed by atoms with Crippen molar-refractivity contribution in [3.8, 4) is 0 Å². The van der Waals surface area contributed by atoms with Gasteiger partial charge in [0.25, 0.3) is 5.92 Å². The fourth-order valence-electron chi connectivity index (χ4n) is 2.79. The molecule has 1 aromatic carbocycles. The van der Waals surface area contributed by atoms with Gasteiger partial charge in [0.2, 0.25) is 0 Å². The van der Waals surface area contributed by atoms with Gasteiger partial charge in [0, 0.05) is 36.7 Å². The van der Waals surface area contributed by atoms with Crippen LogP contribution in [0.1, 0.15) is 24.0 Å². The molecule has 3 nitrogen and oxygen atoms in total. The maximum atomic E-state index is 13.2. The molecule has 1 unspecified atom stereocenters. The first-order valence-corrected chi connectivity index (χ1v) is 8.09. The summed E-state index contributed by atoms with van der Waals surface area (Å²) in [6, 6.07) is 8.05. The number of aryl methyl sites for hydroxylation is 1. The van der Waals surface area contributed by atoms with Crippen molar-refractivity contribution >= 4 is 29.7 Å². The van der Waals surface area contributed by atoms with Crippen molar-refractivity contribution in [2.24, 2.45) is 16.1 Å². The van der Waals surface area contributed by atoms with Crippen LogP contribution in [0.5, 0.6) is 0 Å². The van der Waals surface area contributed by atoms with E-state index >= 15 is 0 Å². The Kier molecular flexibility index (Phi) is 4.54. The zero-order valence-corrected chi connectivity index (χ0v) is 14.1. The van der Waals surface area contributed by atoms with Crippen molar-refractivity contribution in [1.82, 2.24) is 4.90 Å². The van der Waals surface area contributed by atoms with Crippen LogP contribution in [0.2, 0.25) is 0 Å². The predicted molar refractivity (Wildman–Crippen MR) is 94.5 cm³/mol. The predicted octanol–water partition coefficient (Wildman–Crippen LogP) is 4.83. The number of alkyl halides is 2. The highest BCUT2D eigenvalue weighted by Crippen LogP contribution is 2.51. The lowest BCUT2D eigenvalue weighted by Gasteiger charge is -2.26. The molecule has 1 aliphatic carbocycles. The molecule has 6 heteroatoms. The highest BCUT2D eigenvalue weighted by atomic mass is 35.5. The van der Waals surface area contributed by atoms with Gasteiger partial charge in [-0.25, -0.2) is 8.78 Å². The highest BCUT2D eigenvalue weighted by Gasteiger charge is 2.57. The van der Waals surface area contributed by atoms with Gasteiger partial charge >= 0.3 is 0 Å². The molecule has 0 saturated heterocycles.